The number of carbonyl (C=O) groups excluding carboxylic acids is 1. The first-order chi connectivity index (χ1) is 16.4. The molecule has 0 saturated heterocycles. The van der Waals surface area contributed by atoms with Crippen LogP contribution in [0.15, 0.2) is 66.2 Å². The number of anilines is 1. The monoisotopic (exact) mass is 496 g/mol. The number of nitriles is 1. The van der Waals surface area contributed by atoms with Crippen molar-refractivity contribution in [2.45, 2.75) is 13.5 Å². The molecule has 0 bridgehead atoms. The van der Waals surface area contributed by atoms with Gasteiger partial charge in [0.15, 0.2) is 0 Å². The summed E-state index contributed by atoms with van der Waals surface area (Å²) < 4.78 is 16.6. The van der Waals surface area contributed by atoms with E-state index in [-0.39, 0.29) is 12.2 Å². The average Bonchev–Trinajstić information content (AvgIpc) is 2.83. The lowest BCUT2D eigenvalue weighted by atomic mass is 10.1. The second-order valence-corrected chi connectivity index (χ2v) is 7.85. The third-order valence-electron chi connectivity index (χ3n) is 4.71. The molecule has 1 amide bonds. The Hall–Kier alpha value is -3.66. The second-order valence-electron chi connectivity index (χ2n) is 7.01. The standard InChI is InChI=1S/C26H22Cl2N2O4/c1-3-33-25-14-23(32-2)9-5-17(25)12-19(15-29)26(31)30-21-7-10-22(11-8-21)34-16-18-4-6-20(27)13-24(18)28/h4-14H,3,16H2,1-2H3,(H,30,31)/b19-12+. The minimum Gasteiger partial charge on any atom is -0.497 e. The van der Waals surface area contributed by atoms with Crippen molar-refractivity contribution in [2.24, 2.45) is 0 Å². The zero-order chi connectivity index (χ0) is 24.5. The maximum absolute atomic E-state index is 12.7. The fraction of sp³-hybridized carbons (Fsp3) is 0.154. The van der Waals surface area contributed by atoms with Crippen LogP contribution >= 0.6 is 23.2 Å². The molecule has 3 rings (SSSR count). The van der Waals surface area contributed by atoms with Gasteiger partial charge in [-0.15, -0.1) is 0 Å². The summed E-state index contributed by atoms with van der Waals surface area (Å²) in [4.78, 5) is 12.7. The molecule has 0 radical (unpaired) electrons. The number of ether oxygens (including phenoxy) is 3. The van der Waals surface area contributed by atoms with Gasteiger partial charge in [-0.05, 0) is 61.5 Å². The molecular weight excluding hydrogens is 475 g/mol. The van der Waals surface area contributed by atoms with E-state index in [1.165, 1.54) is 6.08 Å². The largest absolute Gasteiger partial charge is 0.497 e. The highest BCUT2D eigenvalue weighted by molar-refractivity contribution is 6.35. The minimum atomic E-state index is -0.539. The van der Waals surface area contributed by atoms with Crippen molar-refractivity contribution >= 4 is 40.9 Å². The molecular formula is C26H22Cl2N2O4. The van der Waals surface area contributed by atoms with Crippen molar-refractivity contribution in [3.05, 3.63) is 87.4 Å². The van der Waals surface area contributed by atoms with Crippen LogP contribution < -0.4 is 19.5 Å². The summed E-state index contributed by atoms with van der Waals surface area (Å²) >= 11 is 12.1. The molecule has 6 nitrogen and oxygen atoms in total. The molecule has 0 unspecified atom stereocenters. The van der Waals surface area contributed by atoms with Crippen molar-refractivity contribution in [3.63, 3.8) is 0 Å². The van der Waals surface area contributed by atoms with Crippen molar-refractivity contribution in [1.29, 1.82) is 5.26 Å². The van der Waals surface area contributed by atoms with Crippen molar-refractivity contribution in [2.75, 3.05) is 19.0 Å². The van der Waals surface area contributed by atoms with Gasteiger partial charge in [0.05, 0.1) is 13.7 Å². The number of nitrogens with one attached hydrogen (secondary N) is 1. The lowest BCUT2D eigenvalue weighted by molar-refractivity contribution is -0.112. The average molecular weight is 497 g/mol. The van der Waals surface area contributed by atoms with E-state index in [2.05, 4.69) is 5.32 Å². The summed E-state index contributed by atoms with van der Waals surface area (Å²) in [5.74, 6) is 1.19. The molecule has 3 aromatic rings. The predicted molar refractivity (Wildman–Crippen MR) is 134 cm³/mol. The highest BCUT2D eigenvalue weighted by Gasteiger charge is 2.12. The number of hydrogen-bond donors (Lipinski definition) is 1. The zero-order valence-corrected chi connectivity index (χ0v) is 20.1. The molecule has 0 aliphatic rings. The number of rotatable bonds is 9. The van der Waals surface area contributed by atoms with Crippen LogP contribution in [0.2, 0.25) is 10.0 Å². The highest BCUT2D eigenvalue weighted by atomic mass is 35.5. The summed E-state index contributed by atoms with van der Waals surface area (Å²) in [6.07, 6.45) is 1.48. The van der Waals surface area contributed by atoms with Gasteiger partial charge in [-0.1, -0.05) is 29.3 Å². The molecule has 0 aromatic heterocycles. The van der Waals surface area contributed by atoms with Gasteiger partial charge in [0.25, 0.3) is 5.91 Å². The van der Waals surface area contributed by atoms with Gasteiger partial charge < -0.3 is 19.5 Å². The van der Waals surface area contributed by atoms with Crippen LogP contribution in [0.4, 0.5) is 5.69 Å². The van der Waals surface area contributed by atoms with Crippen molar-refractivity contribution in [3.8, 4) is 23.3 Å². The zero-order valence-electron chi connectivity index (χ0n) is 18.6. The Kier molecular flexibility index (Phi) is 8.80. The van der Waals surface area contributed by atoms with E-state index in [9.17, 15) is 10.1 Å². The Morgan fingerprint density at radius 1 is 1.03 bits per heavy atom. The third kappa shape index (κ3) is 6.67. The smallest absolute Gasteiger partial charge is 0.266 e. The van der Waals surface area contributed by atoms with Gasteiger partial charge in [-0.25, -0.2) is 0 Å². The first kappa shape index (κ1) is 25.0. The van der Waals surface area contributed by atoms with Gasteiger partial charge in [0.2, 0.25) is 0 Å². The van der Waals surface area contributed by atoms with Crippen molar-refractivity contribution < 1.29 is 19.0 Å². The molecule has 0 spiro atoms. The van der Waals surface area contributed by atoms with Crippen LogP contribution in [0.3, 0.4) is 0 Å². The normalized spacial score (nSPS) is 10.9. The van der Waals surface area contributed by atoms with Gasteiger partial charge in [-0.3, -0.25) is 4.79 Å². The molecule has 0 atom stereocenters. The SMILES string of the molecule is CCOc1cc(OC)ccc1/C=C(\C#N)C(=O)Nc1ccc(OCc2ccc(Cl)cc2Cl)cc1. The Bertz CT molecular complexity index is 1230. The van der Waals surface area contributed by atoms with Gasteiger partial charge in [-0.2, -0.15) is 5.26 Å². The molecule has 8 heteroatoms. The van der Waals surface area contributed by atoms with E-state index >= 15 is 0 Å². The number of benzene rings is 3. The van der Waals surface area contributed by atoms with E-state index < -0.39 is 5.91 Å². The number of carbonyl (C=O) groups is 1. The Labute approximate surface area is 208 Å². The fourth-order valence-corrected chi connectivity index (χ4v) is 3.44. The topological polar surface area (TPSA) is 80.6 Å². The first-order valence-corrected chi connectivity index (χ1v) is 11.1. The second kappa shape index (κ2) is 12.0. The van der Waals surface area contributed by atoms with Gasteiger partial charge >= 0.3 is 0 Å². The summed E-state index contributed by atoms with van der Waals surface area (Å²) in [6, 6.07) is 19.1. The number of amides is 1. The lowest BCUT2D eigenvalue weighted by Crippen LogP contribution is -2.13. The van der Waals surface area contributed by atoms with E-state index in [1.54, 1.807) is 67.8 Å². The van der Waals surface area contributed by atoms with Crippen LogP contribution in [0.25, 0.3) is 6.08 Å². The molecule has 0 fully saturated rings. The Morgan fingerprint density at radius 2 is 1.76 bits per heavy atom. The summed E-state index contributed by atoms with van der Waals surface area (Å²) in [7, 11) is 1.55. The van der Waals surface area contributed by atoms with Crippen LogP contribution in [-0.2, 0) is 11.4 Å². The summed E-state index contributed by atoms with van der Waals surface area (Å²) in [6.45, 7) is 2.55. The molecule has 1 N–H and O–H groups in total. The van der Waals surface area contributed by atoms with Gasteiger partial charge in [0.1, 0.15) is 35.5 Å². The molecule has 0 aliphatic carbocycles. The number of halogens is 2. The van der Waals surface area contributed by atoms with Crippen LogP contribution in [0.1, 0.15) is 18.1 Å². The predicted octanol–water partition coefficient (Wildman–Crippen LogP) is 6.53. The fourth-order valence-electron chi connectivity index (χ4n) is 2.98. The van der Waals surface area contributed by atoms with E-state index in [0.29, 0.717) is 45.2 Å². The lowest BCUT2D eigenvalue weighted by Gasteiger charge is -2.11. The van der Waals surface area contributed by atoms with E-state index in [4.69, 9.17) is 37.4 Å². The molecule has 0 heterocycles. The van der Waals surface area contributed by atoms with Crippen LogP contribution in [-0.4, -0.2) is 19.6 Å². The molecule has 34 heavy (non-hydrogen) atoms. The van der Waals surface area contributed by atoms with E-state index in [1.807, 2.05) is 13.0 Å². The van der Waals surface area contributed by atoms with Crippen LogP contribution in [0, 0.1) is 11.3 Å². The maximum Gasteiger partial charge on any atom is 0.266 e. The summed E-state index contributed by atoms with van der Waals surface area (Å²) in [5, 5.41) is 13.3. The minimum absolute atomic E-state index is 0.0659. The molecule has 0 aliphatic heterocycles. The molecule has 0 saturated carbocycles. The van der Waals surface area contributed by atoms with Crippen molar-refractivity contribution in [1.82, 2.24) is 0 Å². The number of methoxy groups -OCH3 is 1. The quantitative estimate of drug-likeness (QED) is 0.269. The summed E-state index contributed by atoms with van der Waals surface area (Å²) in [5.41, 5.74) is 1.85. The molecule has 3 aromatic carbocycles. The number of hydrogen-bond acceptors (Lipinski definition) is 5. The number of nitrogens with zero attached hydrogens (tertiary/aromatic N) is 1. The maximum atomic E-state index is 12.7. The Morgan fingerprint density at radius 3 is 2.41 bits per heavy atom. The van der Waals surface area contributed by atoms with Crippen LogP contribution in [0.5, 0.6) is 17.2 Å². The molecule has 174 valence electrons. The Balaban J connectivity index is 1.68. The highest BCUT2D eigenvalue weighted by Crippen LogP contribution is 2.27. The third-order valence-corrected chi connectivity index (χ3v) is 5.29. The van der Waals surface area contributed by atoms with E-state index in [0.717, 1.165) is 5.56 Å². The first-order valence-electron chi connectivity index (χ1n) is 10.3. The van der Waals surface area contributed by atoms with Gasteiger partial charge in [0, 0.05) is 32.9 Å².